The third kappa shape index (κ3) is 6.35. The van der Waals surface area contributed by atoms with Gasteiger partial charge in [0.2, 0.25) is 5.91 Å². The zero-order chi connectivity index (χ0) is 20.8. The van der Waals surface area contributed by atoms with Crippen molar-refractivity contribution in [2.24, 2.45) is 4.99 Å². The van der Waals surface area contributed by atoms with Gasteiger partial charge in [-0.25, -0.2) is 0 Å². The predicted molar refractivity (Wildman–Crippen MR) is 137 cm³/mol. The third-order valence-corrected chi connectivity index (χ3v) is 6.27. The highest BCUT2D eigenvalue weighted by molar-refractivity contribution is 14.0. The lowest BCUT2D eigenvalue weighted by atomic mass is 10.2. The Morgan fingerprint density at radius 3 is 2.19 bits per heavy atom. The van der Waals surface area contributed by atoms with E-state index in [1.54, 1.807) is 0 Å². The van der Waals surface area contributed by atoms with Crippen molar-refractivity contribution in [1.82, 2.24) is 20.0 Å². The van der Waals surface area contributed by atoms with E-state index in [9.17, 15) is 4.79 Å². The van der Waals surface area contributed by atoms with E-state index in [0.29, 0.717) is 6.54 Å². The summed E-state index contributed by atoms with van der Waals surface area (Å²) in [4.78, 5) is 25.8. The highest BCUT2D eigenvalue weighted by atomic mass is 127. The van der Waals surface area contributed by atoms with E-state index in [4.69, 9.17) is 0 Å². The minimum absolute atomic E-state index is 0. The second-order valence-corrected chi connectivity index (χ2v) is 8.29. The monoisotopic (exact) mass is 538 g/mol. The fourth-order valence-corrected chi connectivity index (χ4v) is 4.40. The summed E-state index contributed by atoms with van der Waals surface area (Å²) in [6.45, 7) is 8.78. The molecule has 3 heterocycles. The Kier molecular flexibility index (Phi) is 9.01. The molecule has 31 heavy (non-hydrogen) atoms. The van der Waals surface area contributed by atoms with Gasteiger partial charge in [0.25, 0.3) is 0 Å². The normalized spacial score (nSPS) is 19.6. The molecule has 8 heteroatoms. The van der Waals surface area contributed by atoms with Crippen molar-refractivity contribution in [2.75, 3.05) is 70.9 Å². The summed E-state index contributed by atoms with van der Waals surface area (Å²) in [5.41, 5.74) is 2.52. The molecule has 1 aromatic rings. The van der Waals surface area contributed by atoms with Crippen molar-refractivity contribution < 1.29 is 4.79 Å². The van der Waals surface area contributed by atoms with E-state index in [2.05, 4.69) is 61.4 Å². The van der Waals surface area contributed by atoms with Crippen LogP contribution in [0.2, 0.25) is 0 Å². The number of likely N-dealkylation sites (tertiary alicyclic amines) is 1. The van der Waals surface area contributed by atoms with E-state index in [0.717, 1.165) is 77.7 Å². The molecule has 2 saturated heterocycles. The summed E-state index contributed by atoms with van der Waals surface area (Å²) in [6.07, 6.45) is 6.72. The number of anilines is 1. The summed E-state index contributed by atoms with van der Waals surface area (Å²) in [6, 6.07) is 8.78. The molecule has 0 atom stereocenters. The van der Waals surface area contributed by atoms with Crippen molar-refractivity contribution >= 4 is 41.5 Å². The molecule has 4 rings (SSSR count). The molecule has 3 aliphatic rings. The number of aliphatic imine (C=N–C) groups is 1. The summed E-state index contributed by atoms with van der Waals surface area (Å²) in [7, 11) is 1.84. The maximum absolute atomic E-state index is 12.4. The third-order valence-electron chi connectivity index (χ3n) is 6.27. The highest BCUT2D eigenvalue weighted by Gasteiger charge is 2.24. The fourth-order valence-electron chi connectivity index (χ4n) is 4.40. The molecule has 0 bridgehead atoms. The molecule has 1 amide bonds. The molecule has 1 N–H and O–H groups in total. The predicted octanol–water partition coefficient (Wildman–Crippen LogP) is 2.00. The number of carbonyl (C=O) groups excluding carboxylic acids is 1. The average molecular weight is 538 g/mol. The van der Waals surface area contributed by atoms with Crippen LogP contribution in [0.1, 0.15) is 18.4 Å². The average Bonchev–Trinajstić information content (AvgIpc) is 3.50. The molecule has 0 aromatic heterocycles. The molecule has 0 spiro atoms. The van der Waals surface area contributed by atoms with Gasteiger partial charge in [-0.05, 0) is 30.5 Å². The van der Waals surface area contributed by atoms with Gasteiger partial charge >= 0.3 is 0 Å². The summed E-state index contributed by atoms with van der Waals surface area (Å²) in [5.74, 6) is 1.23. The van der Waals surface area contributed by atoms with Crippen molar-refractivity contribution in [3.8, 4) is 0 Å². The number of halogens is 1. The maximum atomic E-state index is 12.4. The van der Waals surface area contributed by atoms with E-state index >= 15 is 0 Å². The van der Waals surface area contributed by atoms with Crippen LogP contribution < -0.4 is 10.2 Å². The number of nitrogens with one attached hydrogen (secondary N) is 1. The first kappa shape index (κ1) is 23.8. The zero-order valence-electron chi connectivity index (χ0n) is 18.5. The molecular weight excluding hydrogens is 503 g/mol. The second-order valence-electron chi connectivity index (χ2n) is 8.29. The molecule has 2 fully saturated rings. The first-order valence-electron chi connectivity index (χ1n) is 11.2. The summed E-state index contributed by atoms with van der Waals surface area (Å²) in [5, 5.41) is 3.50. The van der Waals surface area contributed by atoms with Gasteiger partial charge < -0.3 is 20.0 Å². The number of carbonyl (C=O) groups is 1. The summed E-state index contributed by atoms with van der Waals surface area (Å²) >= 11 is 0. The van der Waals surface area contributed by atoms with Gasteiger partial charge in [0.1, 0.15) is 0 Å². The molecule has 7 nitrogen and oxygen atoms in total. The lowest BCUT2D eigenvalue weighted by Crippen LogP contribution is -2.54. The van der Waals surface area contributed by atoms with Crippen molar-refractivity contribution in [2.45, 2.75) is 19.4 Å². The van der Waals surface area contributed by atoms with E-state index in [1.807, 2.05) is 11.9 Å². The highest BCUT2D eigenvalue weighted by Crippen LogP contribution is 2.17. The molecule has 0 unspecified atom stereocenters. The molecular formula is C23H35IN6O. The quantitative estimate of drug-likeness (QED) is 0.269. The summed E-state index contributed by atoms with van der Waals surface area (Å²) < 4.78 is 0. The van der Waals surface area contributed by atoms with E-state index < -0.39 is 0 Å². The molecule has 0 aliphatic carbocycles. The van der Waals surface area contributed by atoms with Gasteiger partial charge in [0, 0.05) is 71.6 Å². The molecule has 0 saturated carbocycles. The van der Waals surface area contributed by atoms with Gasteiger partial charge in [0.15, 0.2) is 5.96 Å². The van der Waals surface area contributed by atoms with Crippen LogP contribution in [0.25, 0.3) is 0 Å². The van der Waals surface area contributed by atoms with Gasteiger partial charge in [-0.15, -0.1) is 24.0 Å². The van der Waals surface area contributed by atoms with Crippen LogP contribution in [0, 0.1) is 0 Å². The van der Waals surface area contributed by atoms with Gasteiger partial charge in [0.05, 0.1) is 6.54 Å². The van der Waals surface area contributed by atoms with Crippen LogP contribution in [-0.4, -0.2) is 92.5 Å². The van der Waals surface area contributed by atoms with Crippen LogP contribution in [0.4, 0.5) is 5.69 Å². The van der Waals surface area contributed by atoms with Gasteiger partial charge in [-0.1, -0.05) is 24.3 Å². The number of hydrogen-bond donors (Lipinski definition) is 1. The minimum Gasteiger partial charge on any atom is -0.364 e. The number of guanidine groups is 1. The number of hydrogen-bond acceptors (Lipinski definition) is 4. The van der Waals surface area contributed by atoms with Crippen LogP contribution in [0.5, 0.6) is 0 Å². The maximum Gasteiger partial charge on any atom is 0.236 e. The van der Waals surface area contributed by atoms with Crippen molar-refractivity contribution in [3.63, 3.8) is 0 Å². The van der Waals surface area contributed by atoms with Gasteiger partial charge in [-0.2, -0.15) is 0 Å². The number of amides is 1. The Bertz CT molecular complexity index is 759. The molecule has 1 aromatic carbocycles. The Morgan fingerprint density at radius 2 is 1.58 bits per heavy atom. The Morgan fingerprint density at radius 1 is 0.935 bits per heavy atom. The fraction of sp³-hybridized carbons (Fsp3) is 0.565. The minimum atomic E-state index is 0. The topological polar surface area (TPSA) is 54.4 Å². The number of rotatable bonds is 5. The SMILES string of the molecule is CN=C(NCc1ccc(N2CC=CC2)cc1)N1CCN(CC(=O)N2CCCC2)CC1.I. The lowest BCUT2D eigenvalue weighted by Gasteiger charge is -2.36. The Labute approximate surface area is 203 Å². The van der Waals surface area contributed by atoms with Crippen LogP contribution >= 0.6 is 24.0 Å². The number of piperazine rings is 1. The smallest absolute Gasteiger partial charge is 0.236 e. The van der Waals surface area contributed by atoms with Crippen LogP contribution in [0.3, 0.4) is 0 Å². The molecule has 3 aliphatic heterocycles. The number of benzene rings is 1. The van der Waals surface area contributed by atoms with E-state index in [1.165, 1.54) is 11.3 Å². The molecule has 170 valence electrons. The number of nitrogens with zero attached hydrogens (tertiary/aromatic N) is 5. The molecule has 0 radical (unpaired) electrons. The lowest BCUT2D eigenvalue weighted by molar-refractivity contribution is -0.131. The van der Waals surface area contributed by atoms with E-state index in [-0.39, 0.29) is 29.9 Å². The zero-order valence-corrected chi connectivity index (χ0v) is 20.8. The first-order chi connectivity index (χ1) is 14.7. The van der Waals surface area contributed by atoms with Crippen LogP contribution in [-0.2, 0) is 11.3 Å². The Hall–Kier alpha value is -1.81. The standard InChI is InChI=1S/C23H34N6O.HI/c1-24-23(25-18-20-6-8-21(9-7-20)27-10-2-3-11-27)29-16-14-26(15-17-29)19-22(30)28-12-4-5-13-28;/h2-3,6-9H,4-5,10-19H2,1H3,(H,24,25);1H. The van der Waals surface area contributed by atoms with Crippen molar-refractivity contribution in [1.29, 1.82) is 0 Å². The Balaban J connectivity index is 0.00000272. The second kappa shape index (κ2) is 11.7. The van der Waals surface area contributed by atoms with Gasteiger partial charge in [-0.3, -0.25) is 14.7 Å². The van der Waals surface area contributed by atoms with Crippen molar-refractivity contribution in [3.05, 3.63) is 42.0 Å². The van der Waals surface area contributed by atoms with Crippen LogP contribution in [0.15, 0.2) is 41.4 Å². The largest absolute Gasteiger partial charge is 0.364 e. The first-order valence-corrected chi connectivity index (χ1v) is 11.2.